The average Bonchev–Trinajstić information content (AvgIpc) is 3.07. The highest BCUT2D eigenvalue weighted by Crippen LogP contribution is 2.33. The Morgan fingerprint density at radius 3 is 3.00 bits per heavy atom. The van der Waals surface area contributed by atoms with Crippen LogP contribution in [-0.4, -0.2) is 22.0 Å². The Hall–Kier alpha value is -1.62. The van der Waals surface area contributed by atoms with Crippen molar-refractivity contribution in [3.8, 4) is 5.75 Å². The highest BCUT2D eigenvalue weighted by Gasteiger charge is 2.27. The molecule has 0 bridgehead atoms. The zero-order chi connectivity index (χ0) is 12.4. The fourth-order valence-electron chi connectivity index (χ4n) is 1.67. The Bertz CT molecular complexity index is 430. The van der Waals surface area contributed by atoms with E-state index in [0.29, 0.717) is 12.3 Å². The van der Waals surface area contributed by atoms with Crippen LogP contribution in [0.4, 0.5) is 5.82 Å². The second-order valence-electron chi connectivity index (χ2n) is 4.60. The normalized spacial score (nSPS) is 16.6. The van der Waals surface area contributed by atoms with Gasteiger partial charge in [-0.1, -0.05) is 12.8 Å². The number of amides is 1. The van der Waals surface area contributed by atoms with Gasteiger partial charge in [-0.05, 0) is 31.4 Å². The number of aryl methyl sites for hydroxylation is 1. The number of nitrogens with two attached hydrogens (primary N) is 1. The van der Waals surface area contributed by atoms with Gasteiger partial charge >= 0.3 is 0 Å². The summed E-state index contributed by atoms with van der Waals surface area (Å²) in [6.07, 6.45) is 3.03. The zero-order valence-corrected chi connectivity index (χ0v) is 9.81. The van der Waals surface area contributed by atoms with E-state index in [2.05, 4.69) is 10.3 Å². The molecule has 5 heteroatoms. The summed E-state index contributed by atoms with van der Waals surface area (Å²) in [5.74, 6) is 0.448. The third-order valence-electron chi connectivity index (χ3n) is 2.88. The lowest BCUT2D eigenvalue weighted by molar-refractivity contribution is -0.117. The van der Waals surface area contributed by atoms with Crippen LogP contribution in [0.1, 0.15) is 25.0 Å². The van der Waals surface area contributed by atoms with Crippen LogP contribution >= 0.6 is 0 Å². The predicted octanol–water partition coefficient (Wildman–Crippen LogP) is 1.16. The van der Waals surface area contributed by atoms with Crippen molar-refractivity contribution in [2.45, 2.75) is 32.2 Å². The molecule has 5 nitrogen and oxygen atoms in total. The van der Waals surface area contributed by atoms with Gasteiger partial charge in [-0.15, -0.1) is 0 Å². The summed E-state index contributed by atoms with van der Waals surface area (Å²) >= 11 is 0. The maximum atomic E-state index is 11.8. The molecular formula is C12H17N3O2. The van der Waals surface area contributed by atoms with E-state index >= 15 is 0 Å². The van der Waals surface area contributed by atoms with Crippen molar-refractivity contribution in [2.24, 2.45) is 11.7 Å². The first-order valence-electron chi connectivity index (χ1n) is 5.79. The van der Waals surface area contributed by atoms with E-state index in [0.717, 1.165) is 18.5 Å². The molecule has 1 amide bonds. The molecule has 0 aromatic carbocycles. The van der Waals surface area contributed by atoms with Crippen molar-refractivity contribution in [2.75, 3.05) is 5.32 Å². The molecule has 0 aliphatic heterocycles. The zero-order valence-electron chi connectivity index (χ0n) is 9.81. The lowest BCUT2D eigenvalue weighted by atomic mass is 10.1. The van der Waals surface area contributed by atoms with Gasteiger partial charge in [0.15, 0.2) is 11.6 Å². The maximum absolute atomic E-state index is 11.8. The van der Waals surface area contributed by atoms with E-state index in [-0.39, 0.29) is 17.5 Å². The fraction of sp³-hybridized carbons (Fsp3) is 0.500. The number of hydrogen-bond acceptors (Lipinski definition) is 4. The number of aromatic hydroxyl groups is 1. The van der Waals surface area contributed by atoms with Crippen molar-refractivity contribution in [3.63, 3.8) is 0 Å². The first-order chi connectivity index (χ1) is 8.06. The van der Waals surface area contributed by atoms with E-state index < -0.39 is 6.04 Å². The molecule has 1 aliphatic carbocycles. The van der Waals surface area contributed by atoms with Gasteiger partial charge in [0, 0.05) is 5.69 Å². The third kappa shape index (κ3) is 3.17. The van der Waals surface area contributed by atoms with Gasteiger partial charge in [-0.2, -0.15) is 0 Å². The SMILES string of the molecule is Cc1ccc(O)c(NC(=O)[C@@H](N)CC2CC2)n1. The number of carbonyl (C=O) groups excluding carboxylic acids is 1. The highest BCUT2D eigenvalue weighted by molar-refractivity contribution is 5.94. The Kier molecular flexibility index (Phi) is 3.28. The number of pyridine rings is 1. The van der Waals surface area contributed by atoms with Gasteiger partial charge < -0.3 is 16.2 Å². The van der Waals surface area contributed by atoms with E-state index in [1.807, 2.05) is 0 Å². The van der Waals surface area contributed by atoms with Crippen LogP contribution in [0.5, 0.6) is 5.75 Å². The molecule has 17 heavy (non-hydrogen) atoms. The standard InChI is InChI=1S/C12H17N3O2/c1-7-2-5-10(16)11(14-7)15-12(17)9(13)6-8-3-4-8/h2,5,8-9,16H,3-4,6,13H2,1H3,(H,14,15,17)/t9-/m0/s1. The summed E-state index contributed by atoms with van der Waals surface area (Å²) in [6.45, 7) is 1.79. The van der Waals surface area contributed by atoms with Gasteiger partial charge in [0.25, 0.3) is 0 Å². The van der Waals surface area contributed by atoms with Crippen LogP contribution in [0.3, 0.4) is 0 Å². The van der Waals surface area contributed by atoms with Crippen molar-refractivity contribution < 1.29 is 9.90 Å². The van der Waals surface area contributed by atoms with Gasteiger partial charge in [-0.3, -0.25) is 4.79 Å². The number of anilines is 1. The second-order valence-corrected chi connectivity index (χ2v) is 4.60. The summed E-state index contributed by atoms with van der Waals surface area (Å²) in [4.78, 5) is 15.8. The average molecular weight is 235 g/mol. The molecule has 4 N–H and O–H groups in total. The summed E-state index contributed by atoms with van der Waals surface area (Å²) in [7, 11) is 0. The molecule has 1 aliphatic rings. The van der Waals surface area contributed by atoms with Crippen LogP contribution in [0.15, 0.2) is 12.1 Å². The van der Waals surface area contributed by atoms with Crippen LogP contribution in [0, 0.1) is 12.8 Å². The molecule has 1 saturated carbocycles. The number of aromatic nitrogens is 1. The molecule has 0 spiro atoms. The van der Waals surface area contributed by atoms with Crippen LogP contribution in [-0.2, 0) is 4.79 Å². The summed E-state index contributed by atoms with van der Waals surface area (Å²) in [5, 5.41) is 12.1. The van der Waals surface area contributed by atoms with Gasteiger partial charge in [0.1, 0.15) is 0 Å². The molecule has 1 fully saturated rings. The largest absolute Gasteiger partial charge is 0.504 e. The maximum Gasteiger partial charge on any atom is 0.242 e. The molecule has 92 valence electrons. The quantitative estimate of drug-likeness (QED) is 0.730. The minimum absolute atomic E-state index is 0.0393. The van der Waals surface area contributed by atoms with Crippen molar-refractivity contribution in [1.82, 2.24) is 4.98 Å². The van der Waals surface area contributed by atoms with E-state index in [9.17, 15) is 9.90 Å². The lowest BCUT2D eigenvalue weighted by Gasteiger charge is -2.12. The fourth-order valence-corrected chi connectivity index (χ4v) is 1.67. The number of hydrogen-bond donors (Lipinski definition) is 3. The number of rotatable bonds is 4. The molecule has 1 atom stereocenters. The molecule has 0 radical (unpaired) electrons. The summed E-state index contributed by atoms with van der Waals surface area (Å²) in [6, 6.07) is 2.66. The minimum atomic E-state index is -0.524. The summed E-state index contributed by atoms with van der Waals surface area (Å²) < 4.78 is 0. The molecule has 0 saturated heterocycles. The Morgan fingerprint density at radius 2 is 2.35 bits per heavy atom. The minimum Gasteiger partial charge on any atom is -0.504 e. The number of nitrogens with one attached hydrogen (secondary N) is 1. The van der Waals surface area contributed by atoms with E-state index in [1.165, 1.54) is 6.07 Å². The Morgan fingerprint density at radius 1 is 1.65 bits per heavy atom. The van der Waals surface area contributed by atoms with Crippen LogP contribution in [0.2, 0.25) is 0 Å². The number of nitrogens with zero attached hydrogens (tertiary/aromatic N) is 1. The second kappa shape index (κ2) is 4.71. The van der Waals surface area contributed by atoms with Crippen LogP contribution in [0.25, 0.3) is 0 Å². The Balaban J connectivity index is 1.98. The van der Waals surface area contributed by atoms with Gasteiger partial charge in [0.2, 0.25) is 5.91 Å². The molecule has 1 aromatic rings. The van der Waals surface area contributed by atoms with Gasteiger partial charge in [0.05, 0.1) is 6.04 Å². The number of carbonyl (C=O) groups is 1. The molecule has 1 aromatic heterocycles. The van der Waals surface area contributed by atoms with Gasteiger partial charge in [-0.25, -0.2) is 4.98 Å². The van der Waals surface area contributed by atoms with Crippen molar-refractivity contribution >= 4 is 11.7 Å². The predicted molar refractivity (Wildman–Crippen MR) is 64.6 cm³/mol. The highest BCUT2D eigenvalue weighted by atomic mass is 16.3. The third-order valence-corrected chi connectivity index (χ3v) is 2.88. The summed E-state index contributed by atoms with van der Waals surface area (Å²) in [5.41, 5.74) is 6.50. The first kappa shape index (κ1) is 11.9. The Labute approximate surface area is 100 Å². The molecule has 0 unspecified atom stereocenters. The van der Waals surface area contributed by atoms with E-state index in [1.54, 1.807) is 13.0 Å². The molecular weight excluding hydrogens is 218 g/mol. The first-order valence-corrected chi connectivity index (χ1v) is 5.79. The topological polar surface area (TPSA) is 88.2 Å². The molecule has 1 heterocycles. The van der Waals surface area contributed by atoms with Crippen molar-refractivity contribution in [3.05, 3.63) is 17.8 Å². The smallest absolute Gasteiger partial charge is 0.242 e. The van der Waals surface area contributed by atoms with Crippen molar-refractivity contribution in [1.29, 1.82) is 0 Å². The van der Waals surface area contributed by atoms with E-state index in [4.69, 9.17) is 5.73 Å². The molecule has 2 rings (SSSR count). The lowest BCUT2D eigenvalue weighted by Crippen LogP contribution is -2.36. The monoisotopic (exact) mass is 235 g/mol. The van der Waals surface area contributed by atoms with Crippen LogP contribution < -0.4 is 11.1 Å².